The molecule has 0 saturated heterocycles. The zero-order valence-electron chi connectivity index (χ0n) is 19.2. The topological polar surface area (TPSA) is 92.2 Å². The monoisotopic (exact) mass is 483 g/mol. The standard InChI is InChI=1S/C26H24F3N3O3/c1-3-26(35)14(2)11-15(12-22(26)33)16-9-10-30-13-21(16)32-25(34)20-8-7-19(29)24(31-20)23-17(27)5-4-6-18(23)28/h4-10,13-15,35H,3,11-12H2,1-2H3,(H,32,34)/t14-,15+,26+/m0/s1. The van der Waals surface area contributed by atoms with Crippen molar-refractivity contribution < 1.29 is 27.9 Å². The number of hydrogen-bond donors (Lipinski definition) is 2. The Labute approximate surface area is 200 Å². The van der Waals surface area contributed by atoms with Crippen LogP contribution in [-0.4, -0.2) is 32.4 Å². The van der Waals surface area contributed by atoms with Gasteiger partial charge in [0, 0.05) is 12.6 Å². The summed E-state index contributed by atoms with van der Waals surface area (Å²) in [5, 5.41) is 13.4. The molecule has 1 fully saturated rings. The van der Waals surface area contributed by atoms with E-state index in [1.54, 1.807) is 13.0 Å². The van der Waals surface area contributed by atoms with Crippen LogP contribution in [0.5, 0.6) is 0 Å². The predicted molar refractivity (Wildman–Crippen MR) is 123 cm³/mol. The second kappa shape index (κ2) is 9.58. The van der Waals surface area contributed by atoms with E-state index >= 15 is 0 Å². The van der Waals surface area contributed by atoms with Gasteiger partial charge in [-0.1, -0.05) is 19.9 Å². The number of hydrogen-bond acceptors (Lipinski definition) is 5. The van der Waals surface area contributed by atoms with E-state index in [9.17, 15) is 27.9 Å². The molecule has 3 aromatic rings. The molecule has 2 N–H and O–H groups in total. The third-order valence-corrected chi connectivity index (χ3v) is 6.73. The third-order valence-electron chi connectivity index (χ3n) is 6.73. The van der Waals surface area contributed by atoms with Gasteiger partial charge in [0.2, 0.25) is 0 Å². The van der Waals surface area contributed by atoms with Gasteiger partial charge in [0.25, 0.3) is 5.91 Å². The minimum atomic E-state index is -1.37. The number of aromatic nitrogens is 2. The van der Waals surface area contributed by atoms with Gasteiger partial charge in [-0.25, -0.2) is 18.2 Å². The maximum Gasteiger partial charge on any atom is 0.274 e. The van der Waals surface area contributed by atoms with Crippen molar-refractivity contribution in [3.05, 3.63) is 77.5 Å². The molecular weight excluding hydrogens is 459 g/mol. The fourth-order valence-electron chi connectivity index (χ4n) is 4.68. The lowest BCUT2D eigenvalue weighted by molar-refractivity contribution is -0.148. The number of nitrogens with zero attached hydrogens (tertiary/aromatic N) is 2. The molecule has 1 aromatic carbocycles. The number of halogens is 3. The van der Waals surface area contributed by atoms with Crippen molar-refractivity contribution in [2.45, 2.75) is 44.6 Å². The quantitative estimate of drug-likeness (QED) is 0.531. The number of aliphatic hydroxyl groups is 1. The summed E-state index contributed by atoms with van der Waals surface area (Å²) in [6.45, 7) is 3.59. The zero-order chi connectivity index (χ0) is 25.3. The summed E-state index contributed by atoms with van der Waals surface area (Å²) in [5.74, 6) is -4.53. The van der Waals surface area contributed by atoms with E-state index in [-0.39, 0.29) is 29.7 Å². The Balaban J connectivity index is 1.63. The van der Waals surface area contributed by atoms with Crippen LogP contribution in [0.1, 0.15) is 55.1 Å². The lowest BCUT2D eigenvalue weighted by Crippen LogP contribution is -2.48. The number of ketones is 1. The van der Waals surface area contributed by atoms with E-state index in [4.69, 9.17) is 0 Å². The van der Waals surface area contributed by atoms with E-state index < -0.39 is 40.2 Å². The van der Waals surface area contributed by atoms with E-state index in [1.807, 2.05) is 6.92 Å². The van der Waals surface area contributed by atoms with Gasteiger partial charge >= 0.3 is 0 Å². The van der Waals surface area contributed by atoms with Gasteiger partial charge in [-0.15, -0.1) is 0 Å². The number of anilines is 1. The number of carbonyl (C=O) groups excluding carboxylic acids is 2. The molecule has 1 saturated carbocycles. The average molecular weight is 483 g/mol. The number of pyridine rings is 2. The van der Waals surface area contributed by atoms with Crippen LogP contribution < -0.4 is 5.32 Å². The van der Waals surface area contributed by atoms with Crippen LogP contribution in [0.4, 0.5) is 18.9 Å². The Morgan fingerprint density at radius 3 is 2.51 bits per heavy atom. The summed E-state index contributed by atoms with van der Waals surface area (Å²) in [6, 6.07) is 6.80. The first kappa shape index (κ1) is 24.5. The van der Waals surface area contributed by atoms with Gasteiger partial charge in [0.15, 0.2) is 5.78 Å². The Bertz CT molecular complexity index is 1280. The van der Waals surface area contributed by atoms with Crippen LogP contribution in [0.2, 0.25) is 0 Å². The first-order valence-corrected chi connectivity index (χ1v) is 11.3. The number of amides is 1. The summed E-state index contributed by atoms with van der Waals surface area (Å²) >= 11 is 0. The van der Waals surface area contributed by atoms with Crippen LogP contribution in [0, 0.1) is 23.4 Å². The molecule has 0 radical (unpaired) electrons. The molecule has 3 atom stereocenters. The van der Waals surface area contributed by atoms with Crippen molar-refractivity contribution in [3.63, 3.8) is 0 Å². The normalized spacial score (nSPS) is 22.2. The number of Topliss-reactive ketones (excluding diaryl/α,β-unsaturated/α-hetero) is 1. The van der Waals surface area contributed by atoms with Crippen LogP contribution >= 0.6 is 0 Å². The fourth-order valence-corrected chi connectivity index (χ4v) is 4.68. The first-order chi connectivity index (χ1) is 16.7. The van der Waals surface area contributed by atoms with Crippen molar-refractivity contribution in [2.75, 3.05) is 5.32 Å². The summed E-state index contributed by atoms with van der Waals surface area (Å²) in [6.07, 6.45) is 3.91. The van der Waals surface area contributed by atoms with Gasteiger partial charge in [-0.3, -0.25) is 14.6 Å². The molecule has 1 aliphatic carbocycles. The van der Waals surface area contributed by atoms with Crippen LogP contribution in [0.3, 0.4) is 0 Å². The smallest absolute Gasteiger partial charge is 0.274 e. The van der Waals surface area contributed by atoms with E-state index in [0.29, 0.717) is 24.1 Å². The summed E-state index contributed by atoms with van der Waals surface area (Å²) < 4.78 is 42.8. The molecule has 1 aliphatic rings. The van der Waals surface area contributed by atoms with Crippen molar-refractivity contribution in [1.29, 1.82) is 0 Å². The first-order valence-electron chi connectivity index (χ1n) is 11.3. The highest BCUT2D eigenvalue weighted by Crippen LogP contribution is 2.43. The Morgan fingerprint density at radius 1 is 1.14 bits per heavy atom. The molecular formula is C26H24F3N3O3. The Hall–Kier alpha value is -3.59. The zero-order valence-corrected chi connectivity index (χ0v) is 19.2. The fraction of sp³-hybridized carbons (Fsp3) is 0.308. The molecule has 6 nitrogen and oxygen atoms in total. The highest BCUT2D eigenvalue weighted by atomic mass is 19.1. The molecule has 0 spiro atoms. The van der Waals surface area contributed by atoms with Crippen molar-refractivity contribution in [2.24, 2.45) is 5.92 Å². The molecule has 2 aromatic heterocycles. The minimum Gasteiger partial charge on any atom is -0.382 e. The molecule has 182 valence electrons. The molecule has 9 heteroatoms. The molecule has 0 bridgehead atoms. The molecule has 0 aliphatic heterocycles. The second-order valence-corrected chi connectivity index (χ2v) is 8.78. The maximum absolute atomic E-state index is 14.4. The minimum absolute atomic E-state index is 0.104. The lowest BCUT2D eigenvalue weighted by Gasteiger charge is -2.40. The Morgan fingerprint density at radius 2 is 1.86 bits per heavy atom. The number of carbonyl (C=O) groups is 2. The van der Waals surface area contributed by atoms with Crippen LogP contribution in [0.15, 0.2) is 48.8 Å². The van der Waals surface area contributed by atoms with Crippen molar-refractivity contribution in [1.82, 2.24) is 9.97 Å². The van der Waals surface area contributed by atoms with E-state index in [0.717, 1.165) is 30.3 Å². The van der Waals surface area contributed by atoms with Crippen LogP contribution in [-0.2, 0) is 4.79 Å². The maximum atomic E-state index is 14.4. The summed E-state index contributed by atoms with van der Waals surface area (Å²) in [4.78, 5) is 33.6. The van der Waals surface area contributed by atoms with Crippen LogP contribution in [0.25, 0.3) is 11.3 Å². The van der Waals surface area contributed by atoms with E-state index in [1.165, 1.54) is 12.4 Å². The lowest BCUT2D eigenvalue weighted by atomic mass is 9.68. The molecule has 1 amide bonds. The molecule has 2 heterocycles. The van der Waals surface area contributed by atoms with Gasteiger partial charge in [0.1, 0.15) is 34.4 Å². The SMILES string of the molecule is CC[C@]1(O)C(=O)C[C@H](c2ccncc2NC(=O)c2ccc(F)c(-c3c(F)cccc3F)n2)C[C@@H]1C. The number of nitrogens with one attached hydrogen (secondary N) is 1. The second-order valence-electron chi connectivity index (χ2n) is 8.78. The average Bonchev–Trinajstić information content (AvgIpc) is 2.83. The van der Waals surface area contributed by atoms with Gasteiger partial charge in [-0.2, -0.15) is 0 Å². The highest BCUT2D eigenvalue weighted by molar-refractivity contribution is 6.03. The largest absolute Gasteiger partial charge is 0.382 e. The Kier molecular flexibility index (Phi) is 6.71. The molecule has 0 unspecified atom stereocenters. The number of rotatable bonds is 5. The van der Waals surface area contributed by atoms with Crippen molar-refractivity contribution >= 4 is 17.4 Å². The predicted octanol–water partition coefficient (Wildman–Crippen LogP) is 5.04. The van der Waals surface area contributed by atoms with Gasteiger partial charge in [0.05, 0.1) is 17.4 Å². The van der Waals surface area contributed by atoms with Gasteiger partial charge in [-0.05, 0) is 60.6 Å². The summed E-state index contributed by atoms with van der Waals surface area (Å²) in [7, 11) is 0. The molecule has 35 heavy (non-hydrogen) atoms. The highest BCUT2D eigenvalue weighted by Gasteiger charge is 2.45. The van der Waals surface area contributed by atoms with Crippen molar-refractivity contribution in [3.8, 4) is 11.3 Å². The van der Waals surface area contributed by atoms with Gasteiger partial charge < -0.3 is 10.4 Å². The molecule has 4 rings (SSSR count). The third kappa shape index (κ3) is 4.55. The van der Waals surface area contributed by atoms with E-state index in [2.05, 4.69) is 15.3 Å². The number of benzene rings is 1. The summed E-state index contributed by atoms with van der Waals surface area (Å²) in [5.41, 5.74) is -1.93.